The van der Waals surface area contributed by atoms with E-state index in [1.807, 2.05) is 23.6 Å². The van der Waals surface area contributed by atoms with Crippen molar-refractivity contribution in [1.29, 1.82) is 0 Å². The summed E-state index contributed by atoms with van der Waals surface area (Å²) in [4.78, 5) is 28.9. The van der Waals surface area contributed by atoms with Gasteiger partial charge >= 0.3 is 0 Å². The van der Waals surface area contributed by atoms with E-state index in [0.29, 0.717) is 18.4 Å². The van der Waals surface area contributed by atoms with Crippen molar-refractivity contribution in [3.05, 3.63) is 0 Å². The summed E-state index contributed by atoms with van der Waals surface area (Å²) in [5, 5.41) is 0. The standard InChI is InChI=1S/C17H30N2O2/c1-12(2)16(20)18-7-5-6-15(11-18)17(21)19-9-13(3)8-14(4)10-19/h12-15H,5-11H2,1-4H3. The number of carbonyl (C=O) groups is 2. The van der Waals surface area contributed by atoms with Crippen LogP contribution in [0.1, 0.15) is 47.0 Å². The van der Waals surface area contributed by atoms with Crippen molar-refractivity contribution in [2.24, 2.45) is 23.7 Å². The van der Waals surface area contributed by atoms with E-state index in [-0.39, 0.29) is 23.7 Å². The van der Waals surface area contributed by atoms with Gasteiger partial charge in [-0.3, -0.25) is 9.59 Å². The number of piperidine rings is 2. The molecule has 0 radical (unpaired) electrons. The average Bonchev–Trinajstić information content (AvgIpc) is 2.44. The molecule has 120 valence electrons. The molecule has 0 aliphatic carbocycles. The fourth-order valence-corrected chi connectivity index (χ4v) is 3.85. The normalized spacial score (nSPS) is 30.6. The minimum absolute atomic E-state index is 0.0129. The van der Waals surface area contributed by atoms with E-state index in [4.69, 9.17) is 0 Å². The summed E-state index contributed by atoms with van der Waals surface area (Å²) >= 11 is 0. The molecule has 0 aromatic carbocycles. The van der Waals surface area contributed by atoms with Crippen LogP contribution in [0.2, 0.25) is 0 Å². The molecule has 3 unspecified atom stereocenters. The molecule has 4 heteroatoms. The molecule has 0 aromatic heterocycles. The van der Waals surface area contributed by atoms with Gasteiger partial charge in [-0.2, -0.15) is 0 Å². The van der Waals surface area contributed by atoms with Crippen molar-refractivity contribution in [3.63, 3.8) is 0 Å². The lowest BCUT2D eigenvalue weighted by Crippen LogP contribution is -2.50. The Morgan fingerprint density at radius 3 is 2.19 bits per heavy atom. The number of hydrogen-bond donors (Lipinski definition) is 0. The summed E-state index contributed by atoms with van der Waals surface area (Å²) in [6, 6.07) is 0. The van der Waals surface area contributed by atoms with Gasteiger partial charge in [0.25, 0.3) is 0 Å². The minimum atomic E-state index is 0.0129. The zero-order valence-corrected chi connectivity index (χ0v) is 14.0. The van der Waals surface area contributed by atoms with Crippen LogP contribution in [0.3, 0.4) is 0 Å². The summed E-state index contributed by atoms with van der Waals surface area (Å²) in [5.41, 5.74) is 0. The SMILES string of the molecule is CC1CC(C)CN(C(=O)C2CCCN(C(=O)C(C)C)C2)C1. The van der Waals surface area contributed by atoms with Crippen LogP contribution in [-0.4, -0.2) is 47.8 Å². The van der Waals surface area contributed by atoms with Crippen LogP contribution in [0, 0.1) is 23.7 Å². The van der Waals surface area contributed by atoms with Crippen molar-refractivity contribution in [2.45, 2.75) is 47.0 Å². The van der Waals surface area contributed by atoms with Crippen molar-refractivity contribution in [1.82, 2.24) is 9.80 Å². The lowest BCUT2D eigenvalue weighted by molar-refractivity contribution is -0.144. The number of carbonyl (C=O) groups excluding carboxylic acids is 2. The zero-order valence-electron chi connectivity index (χ0n) is 14.0. The van der Waals surface area contributed by atoms with Crippen LogP contribution in [0.4, 0.5) is 0 Å². The molecular weight excluding hydrogens is 264 g/mol. The number of likely N-dealkylation sites (tertiary alicyclic amines) is 2. The maximum absolute atomic E-state index is 12.8. The Balaban J connectivity index is 1.97. The van der Waals surface area contributed by atoms with Crippen LogP contribution in [0.25, 0.3) is 0 Å². The molecule has 2 amide bonds. The smallest absolute Gasteiger partial charge is 0.227 e. The summed E-state index contributed by atoms with van der Waals surface area (Å²) in [7, 11) is 0. The van der Waals surface area contributed by atoms with Gasteiger partial charge in [0.15, 0.2) is 0 Å². The first-order chi connectivity index (χ1) is 9.88. The third kappa shape index (κ3) is 3.98. The van der Waals surface area contributed by atoms with Gasteiger partial charge in [-0.05, 0) is 31.1 Å². The molecule has 0 saturated carbocycles. The predicted molar refractivity (Wildman–Crippen MR) is 83.7 cm³/mol. The van der Waals surface area contributed by atoms with Gasteiger partial charge in [0.2, 0.25) is 11.8 Å². The molecule has 2 heterocycles. The monoisotopic (exact) mass is 294 g/mol. The maximum Gasteiger partial charge on any atom is 0.227 e. The maximum atomic E-state index is 12.8. The Morgan fingerprint density at radius 2 is 1.62 bits per heavy atom. The van der Waals surface area contributed by atoms with E-state index in [1.165, 1.54) is 6.42 Å². The highest BCUT2D eigenvalue weighted by Gasteiger charge is 2.34. The minimum Gasteiger partial charge on any atom is -0.342 e. The van der Waals surface area contributed by atoms with E-state index in [0.717, 1.165) is 32.5 Å². The second-order valence-electron chi connectivity index (χ2n) is 7.47. The molecule has 2 fully saturated rings. The number of nitrogens with zero attached hydrogens (tertiary/aromatic N) is 2. The number of amides is 2. The summed E-state index contributed by atoms with van der Waals surface area (Å²) < 4.78 is 0. The Hall–Kier alpha value is -1.06. The molecule has 2 aliphatic heterocycles. The van der Waals surface area contributed by atoms with Crippen molar-refractivity contribution < 1.29 is 9.59 Å². The molecule has 4 nitrogen and oxygen atoms in total. The molecule has 2 saturated heterocycles. The van der Waals surface area contributed by atoms with E-state index >= 15 is 0 Å². The lowest BCUT2D eigenvalue weighted by Gasteiger charge is -2.40. The quantitative estimate of drug-likeness (QED) is 0.784. The molecule has 2 aliphatic rings. The van der Waals surface area contributed by atoms with Crippen molar-refractivity contribution in [2.75, 3.05) is 26.2 Å². The van der Waals surface area contributed by atoms with Crippen molar-refractivity contribution >= 4 is 11.8 Å². The first-order valence-corrected chi connectivity index (χ1v) is 8.46. The van der Waals surface area contributed by atoms with Crippen LogP contribution in [0.5, 0.6) is 0 Å². The Bertz CT molecular complexity index is 384. The Kier molecular flexibility index (Phi) is 5.28. The van der Waals surface area contributed by atoms with Gasteiger partial charge in [-0.25, -0.2) is 0 Å². The van der Waals surface area contributed by atoms with Gasteiger partial charge in [-0.1, -0.05) is 27.7 Å². The first kappa shape index (κ1) is 16.3. The van der Waals surface area contributed by atoms with Crippen LogP contribution in [-0.2, 0) is 9.59 Å². The fraction of sp³-hybridized carbons (Fsp3) is 0.882. The summed E-state index contributed by atoms with van der Waals surface area (Å²) in [6.07, 6.45) is 3.10. The van der Waals surface area contributed by atoms with Gasteiger partial charge in [0, 0.05) is 32.1 Å². The Morgan fingerprint density at radius 1 is 1.00 bits per heavy atom. The van der Waals surface area contributed by atoms with Gasteiger partial charge in [-0.15, -0.1) is 0 Å². The largest absolute Gasteiger partial charge is 0.342 e. The van der Waals surface area contributed by atoms with E-state index in [2.05, 4.69) is 13.8 Å². The fourth-order valence-electron chi connectivity index (χ4n) is 3.85. The third-order valence-corrected chi connectivity index (χ3v) is 4.76. The Labute approximate surface area is 128 Å². The van der Waals surface area contributed by atoms with E-state index in [1.54, 1.807) is 0 Å². The van der Waals surface area contributed by atoms with Gasteiger partial charge < -0.3 is 9.80 Å². The molecular formula is C17H30N2O2. The van der Waals surface area contributed by atoms with Crippen LogP contribution in [0.15, 0.2) is 0 Å². The predicted octanol–water partition coefficient (Wildman–Crippen LogP) is 2.39. The number of rotatable bonds is 2. The zero-order chi connectivity index (χ0) is 15.6. The van der Waals surface area contributed by atoms with Crippen LogP contribution >= 0.6 is 0 Å². The molecule has 0 bridgehead atoms. The highest BCUT2D eigenvalue weighted by molar-refractivity contribution is 5.82. The number of hydrogen-bond acceptors (Lipinski definition) is 2. The summed E-state index contributed by atoms with van der Waals surface area (Å²) in [5.74, 6) is 1.68. The molecule has 21 heavy (non-hydrogen) atoms. The van der Waals surface area contributed by atoms with E-state index in [9.17, 15) is 9.59 Å². The average molecular weight is 294 g/mol. The highest BCUT2D eigenvalue weighted by atomic mass is 16.2. The molecule has 0 aromatic rings. The second-order valence-corrected chi connectivity index (χ2v) is 7.47. The molecule has 2 rings (SSSR count). The lowest BCUT2D eigenvalue weighted by atomic mass is 9.89. The third-order valence-electron chi connectivity index (χ3n) is 4.76. The highest BCUT2D eigenvalue weighted by Crippen LogP contribution is 2.26. The molecule has 3 atom stereocenters. The summed E-state index contributed by atoms with van der Waals surface area (Å²) in [6.45, 7) is 11.5. The van der Waals surface area contributed by atoms with Gasteiger partial charge in [0.1, 0.15) is 0 Å². The topological polar surface area (TPSA) is 40.6 Å². The van der Waals surface area contributed by atoms with Crippen LogP contribution < -0.4 is 0 Å². The van der Waals surface area contributed by atoms with Crippen molar-refractivity contribution in [3.8, 4) is 0 Å². The van der Waals surface area contributed by atoms with Gasteiger partial charge in [0.05, 0.1) is 5.92 Å². The second kappa shape index (κ2) is 6.80. The van der Waals surface area contributed by atoms with E-state index < -0.39 is 0 Å². The molecule has 0 N–H and O–H groups in total. The molecule has 0 spiro atoms. The first-order valence-electron chi connectivity index (χ1n) is 8.46.